The summed E-state index contributed by atoms with van der Waals surface area (Å²) in [6, 6.07) is 8.83. The summed E-state index contributed by atoms with van der Waals surface area (Å²) < 4.78 is 42.1. The minimum atomic E-state index is -2.97. The lowest BCUT2D eigenvalue weighted by Crippen LogP contribution is -2.29. The molecule has 1 atom stereocenters. The maximum Gasteiger partial charge on any atom is 0.387 e. The first-order valence-electron chi connectivity index (χ1n) is 6.37. The predicted molar refractivity (Wildman–Crippen MR) is 73.3 cm³/mol. The second-order valence-corrected chi connectivity index (χ2v) is 4.75. The Morgan fingerprint density at radius 1 is 1.18 bits per heavy atom. The number of aliphatic hydroxyl groups is 1. The molecule has 1 N–H and O–H groups in total. The van der Waals surface area contributed by atoms with Gasteiger partial charge in [0.25, 0.3) is 0 Å². The predicted octanol–water partition coefficient (Wildman–Crippen LogP) is 3.17. The molecule has 0 radical (unpaired) electrons. The number of alkyl halides is 2. The van der Waals surface area contributed by atoms with Crippen molar-refractivity contribution in [3.63, 3.8) is 0 Å². The molecule has 0 aromatic heterocycles. The summed E-state index contributed by atoms with van der Waals surface area (Å²) in [5.41, 5.74) is -1.58. The molecule has 0 saturated carbocycles. The van der Waals surface area contributed by atoms with E-state index in [0.29, 0.717) is 5.56 Å². The summed E-state index contributed by atoms with van der Waals surface area (Å²) in [5, 5.41) is 10.6. The number of carbonyl (C=O) groups is 1. The van der Waals surface area contributed by atoms with E-state index in [9.17, 15) is 23.1 Å². The van der Waals surface area contributed by atoms with E-state index in [0.717, 1.165) is 6.07 Å². The maximum atomic E-state index is 13.3. The van der Waals surface area contributed by atoms with Crippen molar-refractivity contribution in [2.45, 2.75) is 19.1 Å². The third-order valence-electron chi connectivity index (χ3n) is 3.27. The molecular formula is C16H13F3O3. The van der Waals surface area contributed by atoms with Crippen LogP contribution in [0.25, 0.3) is 0 Å². The van der Waals surface area contributed by atoms with E-state index < -0.39 is 18.0 Å². The standard InChI is InChI=1S/C16H13F3O3/c1-10-7-12(5-6-14(10)22-15(18)19)16(21,9-20)11-3-2-4-13(17)8-11/h2-9,15,21H,1H3. The van der Waals surface area contributed by atoms with Gasteiger partial charge in [-0.05, 0) is 47.9 Å². The number of hydrogen-bond acceptors (Lipinski definition) is 3. The lowest BCUT2D eigenvalue weighted by molar-refractivity contribution is -0.121. The topological polar surface area (TPSA) is 46.5 Å². The fraction of sp³-hybridized carbons (Fsp3) is 0.188. The smallest absolute Gasteiger partial charge is 0.387 e. The zero-order valence-corrected chi connectivity index (χ0v) is 11.6. The molecule has 6 heteroatoms. The number of ether oxygens (including phenoxy) is 1. The molecule has 22 heavy (non-hydrogen) atoms. The van der Waals surface area contributed by atoms with Crippen LogP contribution in [0.2, 0.25) is 0 Å². The van der Waals surface area contributed by atoms with Crippen LogP contribution in [0.4, 0.5) is 13.2 Å². The molecule has 2 aromatic carbocycles. The third kappa shape index (κ3) is 3.12. The van der Waals surface area contributed by atoms with Crippen molar-refractivity contribution < 1.29 is 27.8 Å². The van der Waals surface area contributed by atoms with Crippen molar-refractivity contribution in [2.24, 2.45) is 0 Å². The Hall–Kier alpha value is -2.34. The van der Waals surface area contributed by atoms with Crippen molar-refractivity contribution in [3.05, 3.63) is 65.0 Å². The largest absolute Gasteiger partial charge is 0.435 e. The normalized spacial score (nSPS) is 13.7. The van der Waals surface area contributed by atoms with Gasteiger partial charge in [0.15, 0.2) is 11.9 Å². The fourth-order valence-electron chi connectivity index (χ4n) is 2.14. The van der Waals surface area contributed by atoms with Gasteiger partial charge in [0, 0.05) is 0 Å². The van der Waals surface area contributed by atoms with E-state index in [-0.39, 0.29) is 23.2 Å². The molecule has 0 fully saturated rings. The van der Waals surface area contributed by atoms with Gasteiger partial charge >= 0.3 is 6.61 Å². The first kappa shape index (κ1) is 16.0. The molecule has 0 saturated heterocycles. The van der Waals surface area contributed by atoms with Crippen LogP contribution in [-0.2, 0) is 10.4 Å². The van der Waals surface area contributed by atoms with E-state index in [1.165, 1.54) is 43.3 Å². The van der Waals surface area contributed by atoms with Crippen LogP contribution in [0.15, 0.2) is 42.5 Å². The monoisotopic (exact) mass is 310 g/mol. The second-order valence-electron chi connectivity index (χ2n) is 4.75. The van der Waals surface area contributed by atoms with Gasteiger partial charge < -0.3 is 9.84 Å². The highest BCUT2D eigenvalue weighted by Gasteiger charge is 2.32. The number of benzene rings is 2. The lowest BCUT2D eigenvalue weighted by atomic mass is 9.87. The second kappa shape index (κ2) is 6.19. The summed E-state index contributed by atoms with van der Waals surface area (Å²) in [5.74, 6) is -0.668. The van der Waals surface area contributed by atoms with Crippen LogP contribution in [-0.4, -0.2) is 18.0 Å². The van der Waals surface area contributed by atoms with Gasteiger partial charge in [-0.15, -0.1) is 0 Å². The van der Waals surface area contributed by atoms with Gasteiger partial charge in [0.1, 0.15) is 11.6 Å². The van der Waals surface area contributed by atoms with Crippen LogP contribution in [0.5, 0.6) is 5.75 Å². The molecular weight excluding hydrogens is 297 g/mol. The Balaban J connectivity index is 2.47. The van der Waals surface area contributed by atoms with E-state index in [2.05, 4.69) is 4.74 Å². The molecule has 3 nitrogen and oxygen atoms in total. The molecule has 0 aliphatic carbocycles. The molecule has 2 aromatic rings. The van der Waals surface area contributed by atoms with Crippen molar-refractivity contribution in [2.75, 3.05) is 0 Å². The quantitative estimate of drug-likeness (QED) is 0.863. The Morgan fingerprint density at radius 3 is 2.41 bits per heavy atom. The number of hydrogen-bond donors (Lipinski definition) is 1. The van der Waals surface area contributed by atoms with Gasteiger partial charge in [0.05, 0.1) is 0 Å². The van der Waals surface area contributed by atoms with Crippen LogP contribution in [0.3, 0.4) is 0 Å². The number of aldehydes is 1. The Kier molecular flexibility index (Phi) is 4.51. The van der Waals surface area contributed by atoms with Crippen molar-refractivity contribution >= 4 is 6.29 Å². The summed E-state index contributed by atoms with van der Waals surface area (Å²) >= 11 is 0. The highest BCUT2D eigenvalue weighted by Crippen LogP contribution is 2.31. The van der Waals surface area contributed by atoms with E-state index in [1.54, 1.807) is 0 Å². The van der Waals surface area contributed by atoms with Gasteiger partial charge in [-0.1, -0.05) is 18.2 Å². The summed E-state index contributed by atoms with van der Waals surface area (Å²) in [4.78, 5) is 11.4. The van der Waals surface area contributed by atoms with Crippen LogP contribution in [0.1, 0.15) is 16.7 Å². The summed E-state index contributed by atoms with van der Waals surface area (Å²) in [6.07, 6.45) is 0.268. The molecule has 0 bridgehead atoms. The van der Waals surface area contributed by atoms with E-state index in [4.69, 9.17) is 0 Å². The van der Waals surface area contributed by atoms with Crippen molar-refractivity contribution in [3.8, 4) is 5.75 Å². The Morgan fingerprint density at radius 2 is 1.86 bits per heavy atom. The van der Waals surface area contributed by atoms with Crippen molar-refractivity contribution in [1.82, 2.24) is 0 Å². The first-order valence-corrected chi connectivity index (χ1v) is 6.37. The first-order chi connectivity index (χ1) is 10.4. The van der Waals surface area contributed by atoms with Gasteiger partial charge in [-0.2, -0.15) is 8.78 Å². The fourth-order valence-corrected chi connectivity index (χ4v) is 2.14. The molecule has 0 aliphatic heterocycles. The maximum absolute atomic E-state index is 13.3. The molecule has 2 rings (SSSR count). The average Bonchev–Trinajstić information content (AvgIpc) is 2.48. The summed E-state index contributed by atoms with van der Waals surface area (Å²) in [7, 11) is 0. The van der Waals surface area contributed by atoms with E-state index >= 15 is 0 Å². The zero-order valence-electron chi connectivity index (χ0n) is 11.6. The van der Waals surface area contributed by atoms with Gasteiger partial charge in [-0.25, -0.2) is 4.39 Å². The number of rotatable bonds is 5. The minimum Gasteiger partial charge on any atom is -0.435 e. The number of aryl methyl sites for hydroxylation is 1. The van der Waals surface area contributed by atoms with Crippen molar-refractivity contribution in [1.29, 1.82) is 0 Å². The minimum absolute atomic E-state index is 0.0458. The highest BCUT2D eigenvalue weighted by molar-refractivity contribution is 5.72. The van der Waals surface area contributed by atoms with E-state index in [1.807, 2.05) is 0 Å². The summed E-state index contributed by atoms with van der Waals surface area (Å²) in [6.45, 7) is -1.48. The van der Waals surface area contributed by atoms with Crippen LogP contribution in [0, 0.1) is 12.7 Å². The van der Waals surface area contributed by atoms with Gasteiger partial charge in [0.2, 0.25) is 0 Å². The highest BCUT2D eigenvalue weighted by atomic mass is 19.3. The SMILES string of the molecule is Cc1cc(C(O)(C=O)c2cccc(F)c2)ccc1OC(F)F. The Bertz CT molecular complexity index is 688. The van der Waals surface area contributed by atoms with Gasteiger partial charge in [-0.3, -0.25) is 4.79 Å². The Labute approximate surface area is 125 Å². The molecule has 0 amide bonds. The van der Waals surface area contributed by atoms with Crippen LogP contribution < -0.4 is 4.74 Å². The molecule has 1 unspecified atom stereocenters. The lowest BCUT2D eigenvalue weighted by Gasteiger charge is -2.24. The average molecular weight is 310 g/mol. The number of carbonyl (C=O) groups excluding carboxylic acids is 1. The third-order valence-corrected chi connectivity index (χ3v) is 3.27. The molecule has 0 spiro atoms. The molecule has 0 heterocycles. The molecule has 0 aliphatic rings. The molecule has 116 valence electrons. The number of halogens is 3. The van der Waals surface area contributed by atoms with Crippen LogP contribution >= 0.6 is 0 Å². The zero-order chi connectivity index (χ0) is 16.3.